The van der Waals surface area contributed by atoms with Crippen molar-refractivity contribution in [3.8, 4) is 0 Å². The number of hydrogen-bond acceptors (Lipinski definition) is 4. The highest BCUT2D eigenvalue weighted by atomic mass is 16.5. The Labute approximate surface area is 121 Å². The topological polar surface area (TPSA) is 60.2 Å². The Bertz CT molecular complexity index is 388. The maximum atomic E-state index is 10.5. The number of ether oxygens (including phenoxy) is 1. The van der Waals surface area contributed by atoms with Crippen LogP contribution in [0.25, 0.3) is 0 Å². The van der Waals surface area contributed by atoms with Crippen molar-refractivity contribution >= 4 is 0 Å². The lowest BCUT2D eigenvalue weighted by atomic mass is 9.82. The molecule has 0 amide bonds. The van der Waals surface area contributed by atoms with Crippen LogP contribution in [0.15, 0.2) is 6.33 Å². The molecule has 1 fully saturated rings. The number of aromatic nitrogens is 3. The molecule has 20 heavy (non-hydrogen) atoms. The van der Waals surface area contributed by atoms with E-state index in [1.54, 1.807) is 13.4 Å². The molecule has 0 saturated heterocycles. The van der Waals surface area contributed by atoms with Gasteiger partial charge in [0.25, 0.3) is 0 Å². The van der Waals surface area contributed by atoms with Crippen molar-refractivity contribution in [1.82, 2.24) is 14.8 Å². The van der Waals surface area contributed by atoms with Crippen LogP contribution in [0.2, 0.25) is 0 Å². The van der Waals surface area contributed by atoms with Crippen molar-refractivity contribution in [3.63, 3.8) is 0 Å². The molecule has 1 aromatic heterocycles. The molecule has 0 aromatic carbocycles. The van der Waals surface area contributed by atoms with Gasteiger partial charge < -0.3 is 9.84 Å². The normalized spacial score (nSPS) is 19.9. The summed E-state index contributed by atoms with van der Waals surface area (Å²) in [5.74, 6) is 1.34. The predicted molar refractivity (Wildman–Crippen MR) is 77.4 cm³/mol. The van der Waals surface area contributed by atoms with Gasteiger partial charge in [-0.05, 0) is 25.2 Å². The second kappa shape index (κ2) is 7.74. The fourth-order valence-corrected chi connectivity index (χ4v) is 3.27. The number of nitrogens with zero attached hydrogens (tertiary/aromatic N) is 3. The van der Waals surface area contributed by atoms with Gasteiger partial charge in [-0.3, -0.25) is 4.68 Å². The van der Waals surface area contributed by atoms with Crippen molar-refractivity contribution in [2.24, 2.45) is 5.92 Å². The molecule has 114 valence electrons. The van der Waals surface area contributed by atoms with Gasteiger partial charge in [0.05, 0.1) is 12.2 Å². The molecule has 5 nitrogen and oxygen atoms in total. The van der Waals surface area contributed by atoms with E-state index in [1.807, 2.05) is 4.68 Å². The van der Waals surface area contributed by atoms with Crippen molar-refractivity contribution in [1.29, 1.82) is 0 Å². The lowest BCUT2D eigenvalue weighted by Crippen LogP contribution is -2.38. The third-order valence-electron chi connectivity index (χ3n) is 4.29. The number of aliphatic hydroxyl groups is 1. The van der Waals surface area contributed by atoms with Crippen molar-refractivity contribution in [2.75, 3.05) is 7.11 Å². The molecule has 1 aromatic rings. The van der Waals surface area contributed by atoms with Crippen LogP contribution >= 0.6 is 0 Å². The number of rotatable bonds is 7. The molecule has 0 bridgehead atoms. The van der Waals surface area contributed by atoms with Crippen LogP contribution in [0.3, 0.4) is 0 Å². The molecule has 2 rings (SSSR count). The number of hydrogen-bond donors (Lipinski definition) is 1. The average molecular weight is 281 g/mol. The van der Waals surface area contributed by atoms with Crippen LogP contribution in [0.1, 0.15) is 51.3 Å². The van der Waals surface area contributed by atoms with Gasteiger partial charge >= 0.3 is 0 Å². The smallest absolute Gasteiger partial charge is 0.138 e. The van der Waals surface area contributed by atoms with Gasteiger partial charge in [-0.15, -0.1) is 0 Å². The monoisotopic (exact) mass is 281 g/mol. The van der Waals surface area contributed by atoms with Gasteiger partial charge in [-0.1, -0.05) is 26.2 Å². The van der Waals surface area contributed by atoms with Crippen LogP contribution in [0.4, 0.5) is 0 Å². The molecule has 1 aliphatic carbocycles. The minimum atomic E-state index is -0.497. The molecule has 0 spiro atoms. The first-order valence-electron chi connectivity index (χ1n) is 7.83. The SMILES string of the molecule is CCCn1ncnc1CC(O)C(OC)C1CCCCC1. The molecule has 1 N–H and O–H groups in total. The number of methoxy groups -OCH3 is 1. The molecule has 1 saturated carbocycles. The predicted octanol–water partition coefficient (Wildman–Crippen LogP) is 2.19. The summed E-state index contributed by atoms with van der Waals surface area (Å²) in [4.78, 5) is 4.27. The second-order valence-electron chi connectivity index (χ2n) is 5.77. The summed E-state index contributed by atoms with van der Waals surface area (Å²) in [5, 5.41) is 14.7. The summed E-state index contributed by atoms with van der Waals surface area (Å²) in [6, 6.07) is 0. The zero-order chi connectivity index (χ0) is 14.4. The van der Waals surface area contributed by atoms with Gasteiger partial charge in [0.2, 0.25) is 0 Å². The molecule has 0 radical (unpaired) electrons. The maximum Gasteiger partial charge on any atom is 0.138 e. The van der Waals surface area contributed by atoms with Crippen LogP contribution in [-0.2, 0) is 17.7 Å². The molecular weight excluding hydrogens is 254 g/mol. The third-order valence-corrected chi connectivity index (χ3v) is 4.29. The summed E-state index contributed by atoms with van der Waals surface area (Å²) in [7, 11) is 1.71. The summed E-state index contributed by atoms with van der Waals surface area (Å²) in [6.45, 7) is 2.96. The van der Waals surface area contributed by atoms with E-state index in [4.69, 9.17) is 4.74 Å². The zero-order valence-electron chi connectivity index (χ0n) is 12.7. The molecule has 2 atom stereocenters. The van der Waals surface area contributed by atoms with Crippen molar-refractivity contribution in [3.05, 3.63) is 12.2 Å². The second-order valence-corrected chi connectivity index (χ2v) is 5.77. The van der Waals surface area contributed by atoms with E-state index in [2.05, 4.69) is 17.0 Å². The van der Waals surface area contributed by atoms with Crippen molar-refractivity contribution < 1.29 is 9.84 Å². The first-order chi connectivity index (χ1) is 9.76. The number of aryl methyl sites for hydroxylation is 1. The lowest BCUT2D eigenvalue weighted by molar-refractivity contribution is -0.0545. The van der Waals surface area contributed by atoms with E-state index in [-0.39, 0.29) is 6.10 Å². The van der Waals surface area contributed by atoms with Crippen LogP contribution in [0.5, 0.6) is 0 Å². The average Bonchev–Trinajstić information content (AvgIpc) is 2.88. The van der Waals surface area contributed by atoms with Gasteiger partial charge in [0, 0.05) is 20.1 Å². The fourth-order valence-electron chi connectivity index (χ4n) is 3.27. The summed E-state index contributed by atoms with van der Waals surface area (Å²) < 4.78 is 7.48. The maximum absolute atomic E-state index is 10.5. The van der Waals surface area contributed by atoms with E-state index in [0.717, 1.165) is 31.6 Å². The van der Waals surface area contributed by atoms with Gasteiger partial charge in [-0.25, -0.2) is 4.98 Å². The Morgan fingerprint density at radius 1 is 1.40 bits per heavy atom. The van der Waals surface area contributed by atoms with E-state index < -0.39 is 6.10 Å². The Balaban J connectivity index is 1.97. The first-order valence-corrected chi connectivity index (χ1v) is 7.83. The molecule has 0 aliphatic heterocycles. The van der Waals surface area contributed by atoms with E-state index in [9.17, 15) is 5.11 Å². The minimum absolute atomic E-state index is 0.0814. The third kappa shape index (κ3) is 3.79. The highest BCUT2D eigenvalue weighted by Crippen LogP contribution is 2.29. The minimum Gasteiger partial charge on any atom is -0.390 e. The molecule has 2 unspecified atom stereocenters. The largest absolute Gasteiger partial charge is 0.390 e. The molecular formula is C15H27N3O2. The highest BCUT2D eigenvalue weighted by Gasteiger charge is 2.30. The summed E-state index contributed by atoms with van der Waals surface area (Å²) >= 11 is 0. The summed E-state index contributed by atoms with van der Waals surface area (Å²) in [5.41, 5.74) is 0. The van der Waals surface area contributed by atoms with E-state index in [0.29, 0.717) is 12.3 Å². The Morgan fingerprint density at radius 2 is 2.15 bits per heavy atom. The zero-order valence-corrected chi connectivity index (χ0v) is 12.7. The Kier molecular flexibility index (Phi) is 5.98. The van der Waals surface area contributed by atoms with Crippen LogP contribution in [0, 0.1) is 5.92 Å². The van der Waals surface area contributed by atoms with E-state index in [1.165, 1.54) is 19.3 Å². The first kappa shape index (κ1) is 15.4. The summed E-state index contributed by atoms with van der Waals surface area (Å²) in [6.07, 6.45) is 8.68. The molecule has 1 heterocycles. The Hall–Kier alpha value is -0.940. The quantitative estimate of drug-likeness (QED) is 0.832. The van der Waals surface area contributed by atoms with Gasteiger partial charge in [0.1, 0.15) is 12.2 Å². The standard InChI is InChI=1S/C15H27N3O2/c1-3-9-18-14(16-11-17-18)10-13(19)15(20-2)12-7-5-4-6-8-12/h11-13,15,19H,3-10H2,1-2H3. The lowest BCUT2D eigenvalue weighted by Gasteiger charge is -2.32. The molecule has 1 aliphatic rings. The van der Waals surface area contributed by atoms with Crippen molar-refractivity contribution in [2.45, 2.75) is 70.6 Å². The molecule has 5 heteroatoms. The van der Waals surface area contributed by atoms with Gasteiger partial charge in [0.15, 0.2) is 0 Å². The van der Waals surface area contributed by atoms with Gasteiger partial charge in [-0.2, -0.15) is 5.10 Å². The van der Waals surface area contributed by atoms with E-state index >= 15 is 0 Å². The number of aliphatic hydroxyl groups excluding tert-OH is 1. The van der Waals surface area contributed by atoms with Crippen LogP contribution in [-0.4, -0.2) is 39.2 Å². The Morgan fingerprint density at radius 3 is 2.80 bits per heavy atom. The highest BCUT2D eigenvalue weighted by molar-refractivity contribution is 4.92. The van der Waals surface area contributed by atoms with Crippen LogP contribution < -0.4 is 0 Å². The fraction of sp³-hybridized carbons (Fsp3) is 0.867.